The molecule has 13 heteroatoms. The van der Waals surface area contributed by atoms with E-state index in [2.05, 4.69) is 5.32 Å². The largest absolute Gasteiger partial charge is 0.484 e. The third-order valence-corrected chi connectivity index (χ3v) is 8.69. The van der Waals surface area contributed by atoms with Crippen molar-refractivity contribution in [2.45, 2.75) is 36.8 Å². The summed E-state index contributed by atoms with van der Waals surface area (Å²) in [5.41, 5.74) is 7.28. The van der Waals surface area contributed by atoms with Crippen LogP contribution >= 0.6 is 11.8 Å². The molecule has 0 aromatic heterocycles. The molecule has 4 rings (SSSR count). The molecule has 0 aliphatic carbocycles. The molecule has 0 saturated carbocycles. The van der Waals surface area contributed by atoms with Gasteiger partial charge in [0.15, 0.2) is 12.4 Å². The monoisotopic (exact) mass is 641 g/mol. The number of aliphatic carboxylic acids is 1. The van der Waals surface area contributed by atoms with E-state index in [1.165, 1.54) is 60.3 Å². The lowest BCUT2D eigenvalue weighted by atomic mass is 9.92. The highest BCUT2D eigenvalue weighted by atomic mass is 32.2. The Morgan fingerprint density at radius 3 is 2.20 bits per heavy atom. The zero-order chi connectivity index (χ0) is 32.7. The number of carbonyl (C=O) groups is 4. The van der Waals surface area contributed by atoms with Crippen LogP contribution in [-0.4, -0.2) is 64.0 Å². The first kappa shape index (κ1) is 33.6. The van der Waals surface area contributed by atoms with Gasteiger partial charge >= 0.3 is 5.97 Å². The fourth-order valence-corrected chi connectivity index (χ4v) is 6.07. The molecule has 3 aromatic rings. The minimum Gasteiger partial charge on any atom is -0.484 e. The Labute approximate surface area is 262 Å². The van der Waals surface area contributed by atoms with Crippen LogP contribution in [0.3, 0.4) is 0 Å². The summed E-state index contributed by atoms with van der Waals surface area (Å²) < 4.78 is 32.4. The number of carboxylic acid groups (broad SMARTS) is 1. The molecule has 5 atom stereocenters. The number of hydrogen-bond donors (Lipinski definition) is 4. The number of ketones is 1. The van der Waals surface area contributed by atoms with E-state index in [4.69, 9.17) is 15.6 Å². The van der Waals surface area contributed by atoms with Gasteiger partial charge in [-0.2, -0.15) is 0 Å². The van der Waals surface area contributed by atoms with Crippen LogP contribution < -0.4 is 20.7 Å². The molecular weight excluding hydrogens is 608 g/mol. The number of carboxylic acids is 1. The number of nitrogens with one attached hydrogen (secondary N) is 1. The lowest BCUT2D eigenvalue weighted by molar-refractivity contribution is -0.140. The summed E-state index contributed by atoms with van der Waals surface area (Å²) in [5, 5.41) is 21.4. The number of rotatable bonds is 15. The lowest BCUT2D eigenvalue weighted by Gasteiger charge is -2.47. The van der Waals surface area contributed by atoms with Gasteiger partial charge in [0, 0.05) is 17.9 Å². The SMILES string of the molecule is CC(CC(=O)CNC(=O)COc1ccc([C@@H]2[C@@H](SC[C@@H](O)c3ccc(F)cc3)C(=O)N2c2ccc(F)cc2)cc1)[C@@H](N)C(=O)O. The maximum atomic E-state index is 13.6. The number of nitrogens with two attached hydrogens (primary N) is 1. The number of aliphatic hydroxyl groups is 1. The second kappa shape index (κ2) is 15.1. The Balaban J connectivity index is 1.36. The van der Waals surface area contributed by atoms with Gasteiger partial charge in [-0.3, -0.25) is 19.2 Å². The minimum atomic E-state index is -1.21. The van der Waals surface area contributed by atoms with Gasteiger partial charge in [0.1, 0.15) is 28.7 Å². The highest BCUT2D eigenvalue weighted by molar-refractivity contribution is 8.00. The van der Waals surface area contributed by atoms with Crippen LogP contribution in [0.2, 0.25) is 0 Å². The molecule has 1 fully saturated rings. The fourth-order valence-electron chi connectivity index (χ4n) is 4.77. The molecule has 0 bridgehead atoms. The number of Topliss-reactive ketones (excluding diaryl/α,β-unsaturated/α-hetero) is 1. The van der Waals surface area contributed by atoms with Gasteiger partial charge in [-0.1, -0.05) is 31.2 Å². The normalized spacial score (nSPS) is 18.0. The Kier molecular flexibility index (Phi) is 11.3. The van der Waals surface area contributed by atoms with E-state index >= 15 is 0 Å². The predicted octanol–water partition coefficient (Wildman–Crippen LogP) is 3.39. The number of nitrogens with zero attached hydrogens (tertiary/aromatic N) is 1. The average Bonchev–Trinajstić information content (AvgIpc) is 3.02. The van der Waals surface area contributed by atoms with Crippen molar-refractivity contribution in [1.82, 2.24) is 5.32 Å². The number of carbonyl (C=O) groups excluding carboxylic acids is 3. The third kappa shape index (κ3) is 8.65. The van der Waals surface area contributed by atoms with Crippen LogP contribution in [0.15, 0.2) is 72.8 Å². The first-order valence-electron chi connectivity index (χ1n) is 14.1. The summed E-state index contributed by atoms with van der Waals surface area (Å²) in [4.78, 5) is 50.0. The summed E-state index contributed by atoms with van der Waals surface area (Å²) in [6.07, 6.45) is -1.02. The quantitative estimate of drug-likeness (QED) is 0.183. The van der Waals surface area contributed by atoms with E-state index in [9.17, 15) is 33.1 Å². The van der Waals surface area contributed by atoms with Gasteiger partial charge in [0.05, 0.1) is 18.7 Å². The third-order valence-electron chi connectivity index (χ3n) is 7.36. The number of anilines is 1. The first-order valence-corrected chi connectivity index (χ1v) is 15.1. The van der Waals surface area contributed by atoms with Crippen molar-refractivity contribution >= 4 is 41.0 Å². The van der Waals surface area contributed by atoms with E-state index in [0.29, 0.717) is 17.0 Å². The smallest absolute Gasteiger partial charge is 0.320 e. The van der Waals surface area contributed by atoms with E-state index < -0.39 is 52.9 Å². The molecule has 0 radical (unpaired) electrons. The van der Waals surface area contributed by atoms with Crippen molar-refractivity contribution in [1.29, 1.82) is 0 Å². The minimum absolute atomic E-state index is 0.0981. The number of thioether (sulfide) groups is 1. The molecule has 1 heterocycles. The van der Waals surface area contributed by atoms with Gasteiger partial charge in [-0.15, -0.1) is 11.8 Å². The van der Waals surface area contributed by atoms with Crippen molar-refractivity contribution in [3.05, 3.63) is 95.6 Å². The molecule has 1 aliphatic rings. The summed E-state index contributed by atoms with van der Waals surface area (Å²) in [7, 11) is 0. The van der Waals surface area contributed by atoms with E-state index in [1.807, 2.05) is 0 Å². The van der Waals surface area contributed by atoms with Crippen molar-refractivity contribution in [2.24, 2.45) is 11.7 Å². The summed E-state index contributed by atoms with van der Waals surface area (Å²) >= 11 is 1.26. The number of amides is 2. The maximum Gasteiger partial charge on any atom is 0.320 e. The van der Waals surface area contributed by atoms with Crippen molar-refractivity contribution in [3.63, 3.8) is 0 Å². The Morgan fingerprint density at radius 1 is 1.00 bits per heavy atom. The van der Waals surface area contributed by atoms with E-state index in [-0.39, 0.29) is 37.0 Å². The Hall–Kier alpha value is -4.33. The number of aliphatic hydroxyl groups excluding tert-OH is 1. The Bertz CT molecular complexity index is 1510. The van der Waals surface area contributed by atoms with Crippen molar-refractivity contribution in [3.8, 4) is 5.75 Å². The molecule has 45 heavy (non-hydrogen) atoms. The molecular formula is C32H33F2N3O7S. The van der Waals surface area contributed by atoms with Crippen LogP contribution in [0, 0.1) is 17.6 Å². The van der Waals surface area contributed by atoms with Crippen molar-refractivity contribution in [2.75, 3.05) is 23.8 Å². The number of benzene rings is 3. The van der Waals surface area contributed by atoms with Crippen LogP contribution in [0.5, 0.6) is 5.75 Å². The second-order valence-corrected chi connectivity index (χ2v) is 11.8. The topological polar surface area (TPSA) is 159 Å². The van der Waals surface area contributed by atoms with Gasteiger partial charge in [-0.05, 0) is 65.6 Å². The number of halogens is 2. The van der Waals surface area contributed by atoms with Crippen molar-refractivity contribution < 1.29 is 42.9 Å². The molecule has 3 aromatic carbocycles. The molecule has 5 N–H and O–H groups in total. The summed E-state index contributed by atoms with van der Waals surface area (Å²) in [6.45, 7) is 0.879. The van der Waals surface area contributed by atoms with Gasteiger partial charge in [0.25, 0.3) is 5.91 Å². The zero-order valence-corrected chi connectivity index (χ0v) is 25.1. The molecule has 1 aliphatic heterocycles. The van der Waals surface area contributed by atoms with Gasteiger partial charge < -0.3 is 30.9 Å². The zero-order valence-electron chi connectivity index (χ0n) is 24.3. The molecule has 1 saturated heterocycles. The van der Waals surface area contributed by atoms with Gasteiger partial charge in [-0.25, -0.2) is 8.78 Å². The fraction of sp³-hybridized carbons (Fsp3) is 0.312. The summed E-state index contributed by atoms with van der Waals surface area (Å²) in [6, 6.07) is 16.1. The van der Waals surface area contributed by atoms with Crippen LogP contribution in [0.1, 0.15) is 36.6 Å². The maximum absolute atomic E-state index is 13.6. The number of ether oxygens (including phenoxy) is 1. The average molecular weight is 642 g/mol. The van der Waals surface area contributed by atoms with Crippen LogP contribution in [0.4, 0.5) is 14.5 Å². The molecule has 2 amide bonds. The lowest BCUT2D eigenvalue weighted by Crippen LogP contribution is -2.57. The number of hydrogen-bond acceptors (Lipinski definition) is 8. The summed E-state index contributed by atoms with van der Waals surface area (Å²) in [5.74, 6) is -3.25. The van der Waals surface area contributed by atoms with Gasteiger partial charge in [0.2, 0.25) is 5.91 Å². The number of β-lactam (4-membered cyclic amide) rings is 1. The molecule has 0 spiro atoms. The van der Waals surface area contributed by atoms with Crippen LogP contribution in [0.25, 0.3) is 0 Å². The highest BCUT2D eigenvalue weighted by Gasteiger charge is 2.49. The standard InChI is InChI=1S/C32H33F2N3O7S/c1-18(28(35)32(42)43)14-24(38)15-36-27(40)16-44-25-12-4-20(5-13-25)29-30(31(41)37(29)23-10-8-22(34)9-11-23)45-17-26(39)19-2-6-21(33)7-3-19/h2-13,18,26,28-30,39H,14-17,35H2,1H3,(H,36,40)(H,42,43)/t18?,26-,28-,29-,30-/m1/s1. The molecule has 10 nitrogen and oxygen atoms in total. The second-order valence-electron chi connectivity index (χ2n) is 10.7. The highest BCUT2D eigenvalue weighted by Crippen LogP contribution is 2.46. The first-order chi connectivity index (χ1) is 21.4. The Morgan fingerprint density at radius 2 is 1.60 bits per heavy atom. The van der Waals surface area contributed by atoms with E-state index in [1.54, 1.807) is 36.1 Å². The predicted molar refractivity (Wildman–Crippen MR) is 164 cm³/mol. The van der Waals surface area contributed by atoms with Crippen LogP contribution in [-0.2, 0) is 19.2 Å². The molecule has 238 valence electrons. The molecule has 1 unspecified atom stereocenters. The van der Waals surface area contributed by atoms with E-state index in [0.717, 1.165) is 5.56 Å².